The fourth-order valence-electron chi connectivity index (χ4n) is 6.64. The predicted molar refractivity (Wildman–Crippen MR) is 179 cm³/mol. The number of carbonyl (C=O) groups excluding carboxylic acids is 1. The average molecular weight is 615 g/mol. The number of hydrogen-bond acceptors (Lipinski definition) is 8. The Balaban J connectivity index is 0.00000417. The number of hydrogen-bond donors (Lipinski definition) is 3. The van der Waals surface area contributed by atoms with Gasteiger partial charge in [0.25, 0.3) is 0 Å². The second-order valence-corrected chi connectivity index (χ2v) is 11.6. The van der Waals surface area contributed by atoms with E-state index in [4.69, 9.17) is 14.2 Å². The van der Waals surface area contributed by atoms with E-state index in [1.807, 2.05) is 37.3 Å². The van der Waals surface area contributed by atoms with Crippen LogP contribution in [0.4, 0.5) is 0 Å². The highest BCUT2D eigenvalue weighted by molar-refractivity contribution is 6.02. The van der Waals surface area contributed by atoms with Crippen molar-refractivity contribution in [2.24, 2.45) is 0 Å². The van der Waals surface area contributed by atoms with Crippen molar-refractivity contribution in [3.05, 3.63) is 83.2 Å². The van der Waals surface area contributed by atoms with E-state index < -0.39 is 0 Å². The van der Waals surface area contributed by atoms with Crippen molar-refractivity contribution in [2.75, 3.05) is 59.2 Å². The first-order valence-electron chi connectivity index (χ1n) is 16.2. The molecular formula is C36H46N4O5. The van der Waals surface area contributed by atoms with Crippen molar-refractivity contribution in [1.82, 2.24) is 20.3 Å². The molecule has 2 aliphatic heterocycles. The number of nitrogens with zero attached hydrogens (tertiary/aromatic N) is 2. The number of rotatable bonds is 13. The molecule has 9 nitrogen and oxygen atoms in total. The fourth-order valence-corrected chi connectivity index (χ4v) is 6.64. The van der Waals surface area contributed by atoms with Crippen molar-refractivity contribution >= 4 is 33.2 Å². The molecule has 2 aliphatic rings. The van der Waals surface area contributed by atoms with Gasteiger partial charge in [0.05, 0.1) is 50.3 Å². The highest BCUT2D eigenvalue weighted by atomic mass is 16.5. The number of fused-ring (bicyclic) bond motifs is 2. The largest absolute Gasteiger partial charge is 0.493 e. The number of para-hydroxylation sites is 1. The van der Waals surface area contributed by atoms with Gasteiger partial charge < -0.3 is 29.3 Å². The van der Waals surface area contributed by atoms with Crippen molar-refractivity contribution in [2.45, 2.75) is 39.2 Å². The molecule has 0 aliphatic carbocycles. The van der Waals surface area contributed by atoms with Crippen molar-refractivity contribution in [1.29, 1.82) is 0 Å². The van der Waals surface area contributed by atoms with Crippen LogP contribution in [-0.2, 0) is 15.9 Å². The monoisotopic (exact) mass is 614 g/mol. The number of aromatic amines is 1. The standard InChI is InChI=1S/C36H44N4O5.H2/c1-3-30-33(31(24-41)40(38-30)18-17-39-19-22-43-23-20-39)29-14-8-13-27-28(35(37-34(27)29)36(42)44-4-2)15-9-21-45-32-16-7-11-25-10-5-6-12-26(25)32;/h5-8,10-14,16,30,37-38,41H,3-4,9,15,17-24H2,1-2H3;1H. The number of carbonyl (C=O) groups is 1. The van der Waals surface area contributed by atoms with Crippen molar-refractivity contribution < 1.29 is 25.5 Å². The number of aliphatic hydroxyl groups is 1. The summed E-state index contributed by atoms with van der Waals surface area (Å²) in [6, 6.07) is 20.5. The first kappa shape index (κ1) is 31.1. The maximum absolute atomic E-state index is 13.2. The van der Waals surface area contributed by atoms with Crippen LogP contribution in [0.5, 0.6) is 5.75 Å². The minimum atomic E-state index is -0.357. The number of esters is 1. The summed E-state index contributed by atoms with van der Waals surface area (Å²) in [4.78, 5) is 19.1. The van der Waals surface area contributed by atoms with E-state index in [0.29, 0.717) is 25.3 Å². The normalized spacial score (nSPS) is 17.5. The van der Waals surface area contributed by atoms with Crippen LogP contribution in [0.1, 0.15) is 49.7 Å². The van der Waals surface area contributed by atoms with Gasteiger partial charge in [-0.05, 0) is 43.2 Å². The number of nitrogens with one attached hydrogen (secondary N) is 2. The summed E-state index contributed by atoms with van der Waals surface area (Å²) >= 11 is 0. The Hall–Kier alpha value is -3.89. The number of ether oxygens (including phenoxy) is 3. The Bertz CT molecular complexity index is 1660. The molecule has 0 amide bonds. The number of aryl methyl sites for hydroxylation is 1. The molecule has 3 N–H and O–H groups in total. The molecule has 1 aromatic heterocycles. The molecular weight excluding hydrogens is 568 g/mol. The molecule has 6 rings (SSSR count). The minimum absolute atomic E-state index is 0. The second kappa shape index (κ2) is 14.5. The molecule has 0 bridgehead atoms. The van der Waals surface area contributed by atoms with Crippen LogP contribution in [0.2, 0.25) is 0 Å². The summed E-state index contributed by atoms with van der Waals surface area (Å²) in [7, 11) is 0. The molecule has 4 aromatic rings. The molecule has 3 heterocycles. The van der Waals surface area contributed by atoms with Crippen LogP contribution in [0.3, 0.4) is 0 Å². The number of morpholine rings is 1. The maximum Gasteiger partial charge on any atom is 0.355 e. The molecule has 45 heavy (non-hydrogen) atoms. The quantitative estimate of drug-likeness (QED) is 0.136. The van der Waals surface area contributed by atoms with Gasteiger partial charge in [0.2, 0.25) is 0 Å². The number of benzene rings is 3. The first-order valence-corrected chi connectivity index (χ1v) is 16.2. The Labute approximate surface area is 266 Å². The lowest BCUT2D eigenvalue weighted by Crippen LogP contribution is -2.45. The van der Waals surface area contributed by atoms with Crippen molar-refractivity contribution in [3.63, 3.8) is 0 Å². The highest BCUT2D eigenvalue weighted by Gasteiger charge is 2.33. The van der Waals surface area contributed by atoms with Gasteiger partial charge >= 0.3 is 5.97 Å². The van der Waals surface area contributed by atoms with Gasteiger partial charge in [-0.25, -0.2) is 10.2 Å². The molecule has 1 unspecified atom stereocenters. The number of H-pyrrole nitrogens is 1. The summed E-state index contributed by atoms with van der Waals surface area (Å²) in [5.41, 5.74) is 8.89. The minimum Gasteiger partial charge on any atom is -0.493 e. The lowest BCUT2D eigenvalue weighted by Gasteiger charge is -2.30. The van der Waals surface area contributed by atoms with E-state index in [1.54, 1.807) is 0 Å². The highest BCUT2D eigenvalue weighted by Crippen LogP contribution is 2.37. The Kier molecular flexibility index (Phi) is 10.0. The zero-order chi connectivity index (χ0) is 31.2. The van der Waals surface area contributed by atoms with Gasteiger partial charge in [-0.3, -0.25) is 4.90 Å². The fraction of sp³-hybridized carbons (Fsp3) is 0.417. The van der Waals surface area contributed by atoms with Crippen molar-refractivity contribution in [3.8, 4) is 5.75 Å². The Morgan fingerprint density at radius 1 is 1.02 bits per heavy atom. The third kappa shape index (κ3) is 6.58. The average Bonchev–Trinajstić information content (AvgIpc) is 3.64. The summed E-state index contributed by atoms with van der Waals surface area (Å²) in [6.07, 6.45) is 2.23. The lowest BCUT2D eigenvalue weighted by molar-refractivity contribution is 0.0323. The Morgan fingerprint density at radius 3 is 2.60 bits per heavy atom. The molecule has 1 fully saturated rings. The summed E-state index contributed by atoms with van der Waals surface area (Å²) in [6.45, 7) is 9.70. The number of aromatic nitrogens is 1. The molecule has 0 spiro atoms. The van der Waals surface area contributed by atoms with E-state index >= 15 is 0 Å². The summed E-state index contributed by atoms with van der Waals surface area (Å²) in [5.74, 6) is 0.505. The summed E-state index contributed by atoms with van der Waals surface area (Å²) in [5, 5.41) is 16.0. The third-order valence-electron chi connectivity index (χ3n) is 8.89. The van der Waals surface area contributed by atoms with E-state index in [2.05, 4.69) is 57.6 Å². The predicted octanol–water partition coefficient (Wildman–Crippen LogP) is 5.39. The van der Waals surface area contributed by atoms with Gasteiger partial charge in [-0.15, -0.1) is 0 Å². The van der Waals surface area contributed by atoms with Gasteiger partial charge in [-0.1, -0.05) is 61.5 Å². The lowest BCUT2D eigenvalue weighted by atomic mass is 9.93. The van der Waals surface area contributed by atoms with Crippen LogP contribution in [0.15, 0.2) is 66.4 Å². The van der Waals surface area contributed by atoms with Crippen LogP contribution < -0.4 is 10.2 Å². The SMILES string of the molecule is CCOC(=O)c1[nH]c2c(C3=C(CO)N(CCN4CCOCC4)NC3CC)cccc2c1CCCOc1cccc2ccccc12.[HH]. The zero-order valence-corrected chi connectivity index (χ0v) is 26.3. The smallest absolute Gasteiger partial charge is 0.355 e. The molecule has 0 radical (unpaired) electrons. The first-order chi connectivity index (χ1) is 22.1. The maximum atomic E-state index is 13.2. The van der Waals surface area contributed by atoms with Gasteiger partial charge in [0.1, 0.15) is 11.4 Å². The van der Waals surface area contributed by atoms with E-state index in [9.17, 15) is 9.90 Å². The van der Waals surface area contributed by atoms with Gasteiger partial charge in [0.15, 0.2) is 0 Å². The molecule has 1 atom stereocenters. The molecule has 9 heteroatoms. The van der Waals surface area contributed by atoms with E-state index in [0.717, 1.165) is 102 Å². The molecule has 0 saturated carbocycles. The van der Waals surface area contributed by atoms with Crippen LogP contribution in [0, 0.1) is 0 Å². The molecule has 240 valence electrons. The zero-order valence-electron chi connectivity index (χ0n) is 26.3. The second-order valence-electron chi connectivity index (χ2n) is 11.6. The van der Waals surface area contributed by atoms with Crippen LogP contribution >= 0.6 is 0 Å². The third-order valence-corrected chi connectivity index (χ3v) is 8.89. The van der Waals surface area contributed by atoms with Crippen LogP contribution in [-0.4, -0.2) is 91.2 Å². The van der Waals surface area contributed by atoms with E-state index in [1.165, 1.54) is 0 Å². The Morgan fingerprint density at radius 2 is 1.80 bits per heavy atom. The van der Waals surface area contributed by atoms with Crippen LogP contribution in [0.25, 0.3) is 27.2 Å². The topological polar surface area (TPSA) is 99.3 Å². The van der Waals surface area contributed by atoms with Gasteiger partial charge in [0, 0.05) is 49.5 Å². The number of hydrazine groups is 1. The summed E-state index contributed by atoms with van der Waals surface area (Å²) < 4.78 is 17.2. The molecule has 1 saturated heterocycles. The van der Waals surface area contributed by atoms with E-state index in [-0.39, 0.29) is 20.0 Å². The molecule has 3 aromatic carbocycles. The number of aliphatic hydroxyl groups excluding tert-OH is 1. The van der Waals surface area contributed by atoms with Gasteiger partial charge in [-0.2, -0.15) is 0 Å².